The number of anilines is 1. The molecule has 3 heterocycles. The number of amides is 1. The fourth-order valence-corrected chi connectivity index (χ4v) is 4.16. The van der Waals surface area contributed by atoms with Gasteiger partial charge in [0.15, 0.2) is 0 Å². The highest BCUT2D eigenvalue weighted by Gasteiger charge is 2.30. The first-order valence-corrected chi connectivity index (χ1v) is 10.7. The van der Waals surface area contributed by atoms with Crippen LogP contribution in [0.25, 0.3) is 11.0 Å². The number of hydrogen-bond donors (Lipinski definition) is 2. The number of piperidine rings is 1. The molecule has 2 N–H and O–H groups in total. The molecule has 7 nitrogen and oxygen atoms in total. The van der Waals surface area contributed by atoms with Crippen LogP contribution in [0.3, 0.4) is 0 Å². The number of aromatic amines is 1. The molecule has 7 heteroatoms. The number of hydrogen-bond acceptors (Lipinski definition) is 5. The van der Waals surface area contributed by atoms with Crippen LogP contribution in [-0.4, -0.2) is 38.9 Å². The lowest BCUT2D eigenvalue weighted by Gasteiger charge is -2.33. The summed E-state index contributed by atoms with van der Waals surface area (Å²) in [6.07, 6.45) is 1.82. The predicted octanol–water partition coefficient (Wildman–Crippen LogP) is 3.70. The number of aromatic nitrogens is 4. The molecular weight excluding hydrogens is 376 g/mol. The predicted molar refractivity (Wildman–Crippen MR) is 118 cm³/mol. The topological polar surface area (TPSA) is 86.8 Å². The van der Waals surface area contributed by atoms with Gasteiger partial charge in [-0.3, -0.25) is 4.79 Å². The van der Waals surface area contributed by atoms with Crippen molar-refractivity contribution in [1.82, 2.24) is 25.3 Å². The SMILES string of the molecule is Cc1cc(C)nc(N2CCCC(C(=O)NC(c3nc4ccccc4[nH]3)C(C)C)C2)n1. The number of rotatable bonds is 5. The maximum Gasteiger partial charge on any atom is 0.225 e. The average Bonchev–Trinajstić information content (AvgIpc) is 3.14. The normalized spacial score (nSPS) is 18.0. The second kappa shape index (κ2) is 8.42. The minimum absolute atomic E-state index is 0.0724. The van der Waals surface area contributed by atoms with Crippen molar-refractivity contribution in [3.05, 3.63) is 47.5 Å². The van der Waals surface area contributed by atoms with E-state index < -0.39 is 0 Å². The Kier molecular flexibility index (Phi) is 5.70. The van der Waals surface area contributed by atoms with E-state index in [0.717, 1.165) is 53.6 Å². The van der Waals surface area contributed by atoms with E-state index in [2.05, 4.69) is 39.0 Å². The molecule has 2 unspecified atom stereocenters. The Morgan fingerprint density at radius 3 is 2.60 bits per heavy atom. The van der Waals surface area contributed by atoms with Crippen LogP contribution >= 0.6 is 0 Å². The molecule has 3 aromatic rings. The first-order valence-electron chi connectivity index (χ1n) is 10.7. The summed E-state index contributed by atoms with van der Waals surface area (Å²) in [4.78, 5) is 32.6. The third-order valence-corrected chi connectivity index (χ3v) is 5.71. The second-order valence-corrected chi connectivity index (χ2v) is 8.61. The maximum atomic E-state index is 13.2. The summed E-state index contributed by atoms with van der Waals surface area (Å²) in [5, 5.41) is 3.26. The Morgan fingerprint density at radius 2 is 1.90 bits per heavy atom. The van der Waals surface area contributed by atoms with Crippen molar-refractivity contribution in [3.63, 3.8) is 0 Å². The number of imidazole rings is 1. The summed E-state index contributed by atoms with van der Waals surface area (Å²) in [5.41, 5.74) is 3.81. The number of nitrogens with one attached hydrogen (secondary N) is 2. The zero-order chi connectivity index (χ0) is 21.3. The van der Waals surface area contributed by atoms with Crippen molar-refractivity contribution in [2.24, 2.45) is 11.8 Å². The summed E-state index contributed by atoms with van der Waals surface area (Å²) >= 11 is 0. The van der Waals surface area contributed by atoms with Gasteiger partial charge in [-0.15, -0.1) is 0 Å². The molecule has 2 atom stereocenters. The molecule has 30 heavy (non-hydrogen) atoms. The highest BCUT2D eigenvalue weighted by molar-refractivity contribution is 5.80. The molecule has 158 valence electrons. The maximum absolute atomic E-state index is 13.2. The number of nitrogens with zero attached hydrogens (tertiary/aromatic N) is 4. The van der Waals surface area contributed by atoms with Crippen LogP contribution in [0.15, 0.2) is 30.3 Å². The largest absolute Gasteiger partial charge is 0.346 e. The van der Waals surface area contributed by atoms with Crippen LogP contribution in [0.1, 0.15) is 49.9 Å². The summed E-state index contributed by atoms with van der Waals surface area (Å²) in [6.45, 7) is 9.69. The quantitative estimate of drug-likeness (QED) is 0.675. The summed E-state index contributed by atoms with van der Waals surface area (Å²) in [5.74, 6) is 1.74. The molecule has 0 aliphatic carbocycles. The lowest BCUT2D eigenvalue weighted by Crippen LogP contribution is -2.45. The third kappa shape index (κ3) is 4.30. The van der Waals surface area contributed by atoms with E-state index in [9.17, 15) is 4.79 Å². The molecule has 1 aliphatic heterocycles. The smallest absolute Gasteiger partial charge is 0.225 e. The van der Waals surface area contributed by atoms with E-state index in [0.29, 0.717) is 6.54 Å². The number of benzene rings is 1. The van der Waals surface area contributed by atoms with Crippen molar-refractivity contribution in [2.75, 3.05) is 18.0 Å². The van der Waals surface area contributed by atoms with Crippen LogP contribution in [0.5, 0.6) is 0 Å². The van der Waals surface area contributed by atoms with Gasteiger partial charge in [-0.25, -0.2) is 15.0 Å². The summed E-state index contributed by atoms with van der Waals surface area (Å²) in [7, 11) is 0. The Morgan fingerprint density at radius 1 is 1.17 bits per heavy atom. The highest BCUT2D eigenvalue weighted by Crippen LogP contribution is 2.25. The first-order chi connectivity index (χ1) is 14.4. The van der Waals surface area contributed by atoms with Crippen LogP contribution in [0.4, 0.5) is 5.95 Å². The minimum Gasteiger partial charge on any atom is -0.346 e. The minimum atomic E-state index is -0.155. The van der Waals surface area contributed by atoms with Gasteiger partial charge in [0.25, 0.3) is 0 Å². The molecule has 0 radical (unpaired) electrons. The van der Waals surface area contributed by atoms with Crippen molar-refractivity contribution in [1.29, 1.82) is 0 Å². The van der Waals surface area contributed by atoms with Gasteiger partial charge in [-0.2, -0.15) is 0 Å². The van der Waals surface area contributed by atoms with Gasteiger partial charge >= 0.3 is 0 Å². The average molecular weight is 407 g/mol. The fraction of sp³-hybridized carbons (Fsp3) is 0.478. The zero-order valence-electron chi connectivity index (χ0n) is 18.1. The standard InChI is InChI=1S/C23H30N6O/c1-14(2)20(21-26-18-9-5-6-10-19(18)27-21)28-22(30)17-8-7-11-29(13-17)23-24-15(3)12-16(4)25-23/h5-6,9-10,12,14,17,20H,7-8,11,13H2,1-4H3,(H,26,27)(H,28,30). The molecule has 1 fully saturated rings. The van der Waals surface area contributed by atoms with Crippen LogP contribution in [0, 0.1) is 25.7 Å². The number of para-hydroxylation sites is 2. The molecule has 1 saturated heterocycles. The Bertz CT molecular complexity index is 990. The number of carbonyl (C=O) groups is 1. The molecule has 0 spiro atoms. The van der Waals surface area contributed by atoms with Crippen LogP contribution in [-0.2, 0) is 4.79 Å². The Balaban J connectivity index is 1.49. The van der Waals surface area contributed by atoms with Gasteiger partial charge in [0.1, 0.15) is 5.82 Å². The lowest BCUT2D eigenvalue weighted by atomic mass is 9.95. The van der Waals surface area contributed by atoms with Gasteiger partial charge < -0.3 is 15.2 Å². The molecule has 0 saturated carbocycles. The van der Waals surface area contributed by atoms with Crippen molar-refractivity contribution >= 4 is 22.9 Å². The number of H-pyrrole nitrogens is 1. The molecular formula is C23H30N6O. The summed E-state index contributed by atoms with van der Waals surface area (Å²) in [6, 6.07) is 9.77. The third-order valence-electron chi connectivity index (χ3n) is 5.71. The molecule has 4 rings (SSSR count). The fourth-order valence-electron chi connectivity index (χ4n) is 4.16. The van der Waals surface area contributed by atoms with E-state index in [4.69, 9.17) is 4.98 Å². The molecule has 1 aromatic carbocycles. The number of aryl methyl sites for hydroxylation is 2. The van der Waals surface area contributed by atoms with Crippen LogP contribution in [0.2, 0.25) is 0 Å². The van der Waals surface area contributed by atoms with E-state index >= 15 is 0 Å². The summed E-state index contributed by atoms with van der Waals surface area (Å²) < 4.78 is 0. The van der Waals surface area contributed by atoms with Crippen molar-refractivity contribution < 1.29 is 4.79 Å². The van der Waals surface area contributed by atoms with E-state index in [1.54, 1.807) is 0 Å². The van der Waals surface area contributed by atoms with E-state index in [1.165, 1.54) is 0 Å². The molecule has 1 aliphatic rings. The zero-order valence-corrected chi connectivity index (χ0v) is 18.1. The monoisotopic (exact) mass is 406 g/mol. The van der Waals surface area contributed by atoms with E-state index in [1.807, 2.05) is 44.2 Å². The molecule has 0 bridgehead atoms. The second-order valence-electron chi connectivity index (χ2n) is 8.61. The Labute approximate surface area is 177 Å². The Hall–Kier alpha value is -2.96. The number of carbonyl (C=O) groups excluding carboxylic acids is 1. The van der Waals surface area contributed by atoms with E-state index in [-0.39, 0.29) is 23.8 Å². The van der Waals surface area contributed by atoms with Gasteiger partial charge in [0, 0.05) is 24.5 Å². The highest BCUT2D eigenvalue weighted by atomic mass is 16.2. The number of fused-ring (bicyclic) bond motifs is 1. The molecule has 2 aromatic heterocycles. The van der Waals surface area contributed by atoms with Gasteiger partial charge in [0.05, 0.1) is 23.0 Å². The van der Waals surface area contributed by atoms with Crippen molar-refractivity contribution in [2.45, 2.75) is 46.6 Å². The van der Waals surface area contributed by atoms with Gasteiger partial charge in [0.2, 0.25) is 11.9 Å². The lowest BCUT2D eigenvalue weighted by molar-refractivity contribution is -0.126. The van der Waals surface area contributed by atoms with Crippen molar-refractivity contribution in [3.8, 4) is 0 Å². The van der Waals surface area contributed by atoms with Crippen LogP contribution < -0.4 is 10.2 Å². The first kappa shape index (κ1) is 20.3. The van der Waals surface area contributed by atoms with Gasteiger partial charge in [-0.1, -0.05) is 26.0 Å². The van der Waals surface area contributed by atoms with Gasteiger partial charge in [-0.05, 0) is 50.8 Å². The molecule has 1 amide bonds.